The van der Waals surface area contributed by atoms with Gasteiger partial charge in [-0.25, -0.2) is 0 Å². The maximum Gasteiger partial charge on any atom is 0.303 e. The van der Waals surface area contributed by atoms with E-state index in [0.717, 1.165) is 24.8 Å². The highest BCUT2D eigenvalue weighted by Gasteiger charge is 2.79. The number of esters is 1. The summed E-state index contributed by atoms with van der Waals surface area (Å²) in [7, 11) is 0. The van der Waals surface area contributed by atoms with Gasteiger partial charge in [0.1, 0.15) is 5.60 Å². The molecule has 8 atom stereocenters. The number of hydrogen-bond acceptors (Lipinski definition) is 7. The molecule has 0 aromatic carbocycles. The van der Waals surface area contributed by atoms with E-state index in [2.05, 4.69) is 6.92 Å². The monoisotopic (exact) mass is 472 g/mol. The molecule has 7 nitrogen and oxygen atoms in total. The van der Waals surface area contributed by atoms with Crippen LogP contribution < -0.4 is 0 Å². The van der Waals surface area contributed by atoms with E-state index < -0.39 is 35.0 Å². The summed E-state index contributed by atoms with van der Waals surface area (Å²) in [5, 5.41) is 11.7. The molecule has 186 valence electrons. The van der Waals surface area contributed by atoms with Crippen molar-refractivity contribution < 1.29 is 33.7 Å². The summed E-state index contributed by atoms with van der Waals surface area (Å²) < 4.78 is 18.4. The zero-order chi connectivity index (χ0) is 24.5. The van der Waals surface area contributed by atoms with Gasteiger partial charge in [-0.2, -0.15) is 0 Å². The maximum absolute atomic E-state index is 13.7. The van der Waals surface area contributed by atoms with E-state index >= 15 is 0 Å². The highest BCUT2D eigenvalue weighted by atomic mass is 16.7. The molecule has 7 heteroatoms. The summed E-state index contributed by atoms with van der Waals surface area (Å²) in [6, 6.07) is 0. The Hall–Kier alpha value is -1.83. The number of allylic oxidation sites excluding steroid dienone is 2. The van der Waals surface area contributed by atoms with E-state index in [1.54, 1.807) is 0 Å². The van der Waals surface area contributed by atoms with Crippen LogP contribution in [0.5, 0.6) is 0 Å². The van der Waals surface area contributed by atoms with Crippen LogP contribution in [0.25, 0.3) is 0 Å². The van der Waals surface area contributed by atoms with E-state index in [1.165, 1.54) is 6.92 Å². The summed E-state index contributed by atoms with van der Waals surface area (Å²) in [6.07, 6.45) is 8.44. The van der Waals surface area contributed by atoms with Crippen LogP contribution in [0.1, 0.15) is 72.6 Å². The van der Waals surface area contributed by atoms with Crippen LogP contribution in [0.4, 0.5) is 0 Å². The van der Waals surface area contributed by atoms with Crippen LogP contribution >= 0.6 is 0 Å². The van der Waals surface area contributed by atoms with Crippen molar-refractivity contribution >= 4 is 17.5 Å². The molecule has 0 radical (unpaired) electrons. The lowest BCUT2D eigenvalue weighted by atomic mass is 9.43. The predicted molar refractivity (Wildman–Crippen MR) is 122 cm³/mol. The fraction of sp³-hybridized carbons (Fsp3) is 0.741. The smallest absolute Gasteiger partial charge is 0.303 e. The maximum atomic E-state index is 13.7. The molecule has 34 heavy (non-hydrogen) atoms. The molecule has 1 aliphatic heterocycles. The van der Waals surface area contributed by atoms with Crippen LogP contribution in [-0.4, -0.2) is 52.8 Å². The quantitative estimate of drug-likeness (QED) is 0.494. The van der Waals surface area contributed by atoms with Crippen LogP contribution in [0.15, 0.2) is 23.8 Å². The Kier molecular flexibility index (Phi) is 5.51. The molecule has 0 amide bonds. The number of fused-ring (bicyclic) bond motifs is 3. The van der Waals surface area contributed by atoms with E-state index in [-0.39, 0.29) is 35.4 Å². The molecule has 8 unspecified atom stereocenters. The van der Waals surface area contributed by atoms with Gasteiger partial charge >= 0.3 is 5.97 Å². The third-order valence-corrected chi connectivity index (χ3v) is 10.0. The number of hydrogen-bond donors (Lipinski definition) is 1. The van der Waals surface area contributed by atoms with Crippen LogP contribution in [0.2, 0.25) is 0 Å². The summed E-state index contributed by atoms with van der Waals surface area (Å²) in [6.45, 7) is 7.05. The van der Waals surface area contributed by atoms with Crippen LogP contribution in [0.3, 0.4) is 0 Å². The van der Waals surface area contributed by atoms with E-state index in [0.29, 0.717) is 25.7 Å². The number of aliphatic hydroxyl groups is 1. The van der Waals surface area contributed by atoms with E-state index in [9.17, 15) is 19.5 Å². The minimum absolute atomic E-state index is 0.0247. The van der Waals surface area contributed by atoms with E-state index in [4.69, 9.17) is 14.2 Å². The highest BCUT2D eigenvalue weighted by Crippen LogP contribution is 2.73. The molecule has 0 aromatic rings. The van der Waals surface area contributed by atoms with Crippen molar-refractivity contribution in [3.8, 4) is 0 Å². The molecule has 1 heterocycles. The number of Topliss-reactive ketones (excluding diaryl/α,β-unsaturated/α-hetero) is 1. The zero-order valence-corrected chi connectivity index (χ0v) is 20.6. The average Bonchev–Trinajstić information content (AvgIpc) is 2.90. The SMILES string of the molecule is CC=CC1OC2(C(=O)COC(C)=O)CCC3(O1)C1CCC4=CC(=O)CCC4(C)C1C(O)CC23C. The van der Waals surface area contributed by atoms with Gasteiger partial charge < -0.3 is 19.3 Å². The third-order valence-electron chi connectivity index (χ3n) is 10.0. The molecular formula is C27H36O7. The van der Waals surface area contributed by atoms with Crippen molar-refractivity contribution in [1.82, 2.24) is 0 Å². The first-order chi connectivity index (χ1) is 16.0. The fourth-order valence-electron chi connectivity index (χ4n) is 8.52. The average molecular weight is 473 g/mol. The predicted octanol–water partition coefficient (Wildman–Crippen LogP) is 3.43. The lowest BCUT2D eigenvalue weighted by Crippen LogP contribution is -2.74. The Morgan fingerprint density at radius 3 is 2.68 bits per heavy atom. The van der Waals surface area contributed by atoms with Crippen molar-refractivity contribution in [2.75, 3.05) is 6.61 Å². The van der Waals surface area contributed by atoms with Gasteiger partial charge in [0.05, 0.1) is 11.7 Å². The van der Waals surface area contributed by atoms with Crippen molar-refractivity contribution in [3.05, 3.63) is 23.8 Å². The summed E-state index contributed by atoms with van der Waals surface area (Å²) in [5.41, 5.74) is -1.73. The van der Waals surface area contributed by atoms with Gasteiger partial charge in [0, 0.05) is 18.8 Å². The topological polar surface area (TPSA) is 99.1 Å². The molecule has 5 aliphatic rings. The molecular weight excluding hydrogens is 436 g/mol. The first-order valence-corrected chi connectivity index (χ1v) is 12.6. The van der Waals surface area contributed by atoms with Gasteiger partial charge in [0.2, 0.25) is 5.78 Å². The van der Waals surface area contributed by atoms with Crippen LogP contribution in [-0.2, 0) is 28.6 Å². The second-order valence-electron chi connectivity index (χ2n) is 11.4. The molecule has 5 rings (SSSR count). The standard InChI is InChI=1S/C27H36O7/c1-5-6-22-33-26-11-12-27(34-22,21(31)15-32-16(2)28)25(26,4)14-20(30)23-19(26)8-7-17-13-18(29)9-10-24(17,23)3/h5-6,13,19-20,22-23,30H,7-12,14-15H2,1-4H3. The Morgan fingerprint density at radius 2 is 1.97 bits per heavy atom. The lowest BCUT2D eigenvalue weighted by molar-refractivity contribution is -0.365. The highest BCUT2D eigenvalue weighted by molar-refractivity contribution is 5.92. The number of ether oxygens (including phenoxy) is 3. The number of carbonyl (C=O) groups excluding carboxylic acids is 3. The minimum Gasteiger partial charge on any atom is -0.458 e. The summed E-state index contributed by atoms with van der Waals surface area (Å²) in [5.74, 6) is -0.632. The molecule has 4 fully saturated rings. The first kappa shape index (κ1) is 23.9. The minimum atomic E-state index is -1.20. The van der Waals surface area contributed by atoms with Gasteiger partial charge in [-0.05, 0) is 74.9 Å². The van der Waals surface area contributed by atoms with Gasteiger partial charge in [0.25, 0.3) is 0 Å². The number of aliphatic hydroxyl groups excluding tert-OH is 1. The Bertz CT molecular complexity index is 983. The molecule has 4 aliphatic carbocycles. The number of ketones is 2. The Morgan fingerprint density at radius 1 is 1.21 bits per heavy atom. The first-order valence-electron chi connectivity index (χ1n) is 12.6. The number of rotatable bonds is 4. The second-order valence-corrected chi connectivity index (χ2v) is 11.4. The van der Waals surface area contributed by atoms with Gasteiger partial charge in [0.15, 0.2) is 18.7 Å². The third kappa shape index (κ3) is 2.96. The summed E-state index contributed by atoms with van der Waals surface area (Å²) >= 11 is 0. The largest absolute Gasteiger partial charge is 0.458 e. The molecule has 2 bridgehead atoms. The van der Waals surface area contributed by atoms with Crippen molar-refractivity contribution in [1.29, 1.82) is 0 Å². The lowest BCUT2D eigenvalue weighted by Gasteiger charge is -2.67. The zero-order valence-electron chi connectivity index (χ0n) is 20.6. The second kappa shape index (κ2) is 7.84. The van der Waals surface area contributed by atoms with Crippen LogP contribution in [0, 0.1) is 22.7 Å². The molecule has 0 aromatic heterocycles. The molecule has 1 saturated heterocycles. The van der Waals surface area contributed by atoms with Gasteiger partial charge in [-0.15, -0.1) is 0 Å². The molecule has 1 N–H and O–H groups in total. The normalized spacial score (nSPS) is 47.4. The fourth-order valence-corrected chi connectivity index (χ4v) is 8.52. The summed E-state index contributed by atoms with van der Waals surface area (Å²) in [4.78, 5) is 37.3. The number of carbonyl (C=O) groups is 3. The van der Waals surface area contributed by atoms with Gasteiger partial charge in [-0.1, -0.05) is 25.5 Å². The Labute approximate surface area is 200 Å². The van der Waals surface area contributed by atoms with Gasteiger partial charge in [-0.3, -0.25) is 14.4 Å². The molecule has 3 saturated carbocycles. The molecule has 0 spiro atoms. The van der Waals surface area contributed by atoms with Crippen molar-refractivity contribution in [2.45, 2.75) is 96.2 Å². The van der Waals surface area contributed by atoms with Crippen molar-refractivity contribution in [2.24, 2.45) is 22.7 Å². The van der Waals surface area contributed by atoms with Crippen molar-refractivity contribution in [3.63, 3.8) is 0 Å². The van der Waals surface area contributed by atoms with E-state index in [1.807, 2.05) is 32.1 Å². The Balaban J connectivity index is 1.61.